The van der Waals surface area contributed by atoms with E-state index in [2.05, 4.69) is 0 Å². The molecule has 1 aliphatic heterocycles. The Kier molecular flexibility index (Phi) is 3.30. The zero-order chi connectivity index (χ0) is 11.7. The summed E-state index contributed by atoms with van der Waals surface area (Å²) in [6, 6.07) is 2.59. The smallest absolute Gasteiger partial charge is 0.179 e. The van der Waals surface area contributed by atoms with Crippen LogP contribution in [-0.4, -0.2) is 26.3 Å². The number of rotatable bonds is 2. The van der Waals surface area contributed by atoms with Crippen LogP contribution in [0.3, 0.4) is 0 Å². The third kappa shape index (κ3) is 1.99. The molecule has 88 valence electrons. The van der Waals surface area contributed by atoms with Crippen LogP contribution in [0.5, 0.6) is 0 Å². The Labute approximate surface area is 97.8 Å². The van der Waals surface area contributed by atoms with Gasteiger partial charge in [-0.1, -0.05) is 11.6 Å². The Morgan fingerprint density at radius 2 is 2.19 bits per heavy atom. The third-order valence-electron chi connectivity index (χ3n) is 2.83. The fraction of sp³-hybridized carbons (Fsp3) is 0.455. The van der Waals surface area contributed by atoms with Gasteiger partial charge >= 0.3 is 0 Å². The van der Waals surface area contributed by atoms with Gasteiger partial charge in [-0.3, -0.25) is 0 Å². The average Bonchev–Trinajstić information content (AvgIpc) is 2.74. The van der Waals surface area contributed by atoms with E-state index in [1.807, 2.05) is 4.90 Å². The van der Waals surface area contributed by atoms with Crippen molar-refractivity contribution in [1.29, 1.82) is 0 Å². The first-order valence-electron chi connectivity index (χ1n) is 5.04. The molecule has 0 radical (unpaired) electrons. The minimum Gasteiger partial charge on any atom is -0.380 e. The molecule has 16 heavy (non-hydrogen) atoms. The summed E-state index contributed by atoms with van der Waals surface area (Å²) in [7, 11) is 1.64. The zero-order valence-corrected chi connectivity index (χ0v) is 9.60. The summed E-state index contributed by atoms with van der Waals surface area (Å²) in [5, 5.41) is -0.156. The van der Waals surface area contributed by atoms with Crippen LogP contribution in [-0.2, 0) is 4.74 Å². The van der Waals surface area contributed by atoms with Crippen LogP contribution in [0.1, 0.15) is 6.42 Å². The molecule has 0 aromatic heterocycles. The van der Waals surface area contributed by atoms with Gasteiger partial charge in [-0.05, 0) is 18.6 Å². The van der Waals surface area contributed by atoms with Crippen LogP contribution in [0.15, 0.2) is 12.1 Å². The van der Waals surface area contributed by atoms with Gasteiger partial charge in [-0.2, -0.15) is 0 Å². The molecule has 1 unspecified atom stereocenters. The van der Waals surface area contributed by atoms with E-state index >= 15 is 0 Å². The van der Waals surface area contributed by atoms with Crippen molar-refractivity contribution in [2.24, 2.45) is 0 Å². The van der Waals surface area contributed by atoms with Gasteiger partial charge in [0.05, 0.1) is 11.8 Å². The molecule has 1 aromatic rings. The highest BCUT2D eigenvalue weighted by Crippen LogP contribution is 2.32. The van der Waals surface area contributed by atoms with Crippen molar-refractivity contribution in [3.63, 3.8) is 0 Å². The van der Waals surface area contributed by atoms with Crippen molar-refractivity contribution in [2.75, 3.05) is 25.1 Å². The molecule has 1 saturated heterocycles. The molecule has 0 bridgehead atoms. The first-order valence-corrected chi connectivity index (χ1v) is 5.42. The van der Waals surface area contributed by atoms with Gasteiger partial charge in [0.2, 0.25) is 0 Å². The maximum absolute atomic E-state index is 13.3. The summed E-state index contributed by atoms with van der Waals surface area (Å²) in [5.74, 6) is -1.91. The van der Waals surface area contributed by atoms with E-state index in [0.717, 1.165) is 19.0 Å². The fourth-order valence-corrected chi connectivity index (χ4v) is 2.17. The summed E-state index contributed by atoms with van der Waals surface area (Å²) in [6.07, 6.45) is 0.996. The van der Waals surface area contributed by atoms with Crippen molar-refractivity contribution in [1.82, 2.24) is 0 Å². The number of methoxy groups -OCH3 is 1. The van der Waals surface area contributed by atoms with Crippen molar-refractivity contribution >= 4 is 17.3 Å². The SMILES string of the molecule is COC1CCN(c2ccc(F)c(F)c2Cl)C1. The molecule has 2 nitrogen and oxygen atoms in total. The molecule has 1 aromatic carbocycles. The summed E-state index contributed by atoms with van der Waals surface area (Å²) in [4.78, 5) is 1.90. The molecule has 0 amide bonds. The van der Waals surface area contributed by atoms with Crippen LogP contribution in [0.25, 0.3) is 0 Å². The lowest BCUT2D eigenvalue weighted by atomic mass is 10.2. The fourth-order valence-electron chi connectivity index (χ4n) is 1.90. The van der Waals surface area contributed by atoms with Crippen molar-refractivity contribution in [3.8, 4) is 0 Å². The van der Waals surface area contributed by atoms with Gasteiger partial charge in [0.25, 0.3) is 0 Å². The lowest BCUT2D eigenvalue weighted by molar-refractivity contribution is 0.121. The van der Waals surface area contributed by atoms with E-state index in [4.69, 9.17) is 16.3 Å². The standard InChI is InChI=1S/C11H12ClF2NO/c1-16-7-4-5-15(6-7)9-3-2-8(13)11(14)10(9)12/h2-3,7H,4-6H2,1H3. The molecule has 1 aliphatic rings. The second-order valence-electron chi connectivity index (χ2n) is 3.79. The Morgan fingerprint density at radius 3 is 2.81 bits per heavy atom. The Balaban J connectivity index is 2.25. The molecule has 1 fully saturated rings. The van der Waals surface area contributed by atoms with E-state index in [1.165, 1.54) is 6.07 Å². The summed E-state index contributed by atoms with van der Waals surface area (Å²) < 4.78 is 31.3. The minimum atomic E-state index is -0.986. The minimum absolute atomic E-state index is 0.129. The third-order valence-corrected chi connectivity index (χ3v) is 3.19. The topological polar surface area (TPSA) is 12.5 Å². The zero-order valence-electron chi connectivity index (χ0n) is 8.84. The Hall–Kier alpha value is -0.870. The largest absolute Gasteiger partial charge is 0.380 e. The molecular formula is C11H12ClF2NO. The highest BCUT2D eigenvalue weighted by Gasteiger charge is 2.25. The van der Waals surface area contributed by atoms with E-state index in [0.29, 0.717) is 12.2 Å². The predicted molar refractivity (Wildman–Crippen MR) is 59.0 cm³/mol. The van der Waals surface area contributed by atoms with Crippen LogP contribution < -0.4 is 4.90 Å². The number of ether oxygens (including phenoxy) is 1. The van der Waals surface area contributed by atoms with E-state index < -0.39 is 11.6 Å². The Morgan fingerprint density at radius 1 is 1.44 bits per heavy atom. The second-order valence-corrected chi connectivity index (χ2v) is 4.16. The summed E-state index contributed by atoms with van der Waals surface area (Å²) in [6.45, 7) is 1.39. The summed E-state index contributed by atoms with van der Waals surface area (Å²) in [5.41, 5.74) is 0.528. The average molecular weight is 248 g/mol. The number of anilines is 1. The van der Waals surface area contributed by atoms with Gasteiger partial charge in [-0.15, -0.1) is 0 Å². The highest BCUT2D eigenvalue weighted by molar-refractivity contribution is 6.33. The molecule has 5 heteroatoms. The normalized spacial score (nSPS) is 20.5. The van der Waals surface area contributed by atoms with Gasteiger partial charge in [0, 0.05) is 20.2 Å². The van der Waals surface area contributed by atoms with Crippen LogP contribution >= 0.6 is 11.6 Å². The molecule has 0 N–H and O–H groups in total. The molecule has 1 atom stereocenters. The van der Waals surface area contributed by atoms with Gasteiger partial charge in [0.15, 0.2) is 11.6 Å². The number of hydrogen-bond acceptors (Lipinski definition) is 2. The quantitative estimate of drug-likeness (QED) is 0.745. The number of nitrogens with zero attached hydrogens (tertiary/aromatic N) is 1. The van der Waals surface area contributed by atoms with E-state index in [1.54, 1.807) is 7.11 Å². The van der Waals surface area contributed by atoms with Gasteiger partial charge in [0.1, 0.15) is 5.02 Å². The highest BCUT2D eigenvalue weighted by atomic mass is 35.5. The van der Waals surface area contributed by atoms with Crippen molar-refractivity contribution < 1.29 is 13.5 Å². The first-order chi connectivity index (χ1) is 7.63. The van der Waals surface area contributed by atoms with Gasteiger partial charge < -0.3 is 9.64 Å². The summed E-state index contributed by atoms with van der Waals surface area (Å²) >= 11 is 5.77. The lowest BCUT2D eigenvalue weighted by Crippen LogP contribution is -2.22. The first kappa shape index (κ1) is 11.6. The monoisotopic (exact) mass is 247 g/mol. The Bertz CT molecular complexity index is 400. The molecular weight excluding hydrogens is 236 g/mol. The van der Waals surface area contributed by atoms with Crippen LogP contribution in [0.2, 0.25) is 5.02 Å². The lowest BCUT2D eigenvalue weighted by Gasteiger charge is -2.20. The molecule has 2 rings (SSSR count). The molecule has 0 saturated carbocycles. The van der Waals surface area contributed by atoms with E-state index in [9.17, 15) is 8.78 Å². The van der Waals surface area contributed by atoms with Crippen LogP contribution in [0, 0.1) is 11.6 Å². The van der Waals surface area contributed by atoms with Crippen LogP contribution in [0.4, 0.5) is 14.5 Å². The second kappa shape index (κ2) is 4.55. The number of benzene rings is 1. The maximum atomic E-state index is 13.3. The van der Waals surface area contributed by atoms with E-state index in [-0.39, 0.29) is 11.1 Å². The molecule has 1 heterocycles. The van der Waals surface area contributed by atoms with Crippen molar-refractivity contribution in [3.05, 3.63) is 28.8 Å². The molecule has 0 aliphatic carbocycles. The number of halogens is 3. The predicted octanol–water partition coefficient (Wildman–Crippen LogP) is 2.84. The molecule has 0 spiro atoms. The van der Waals surface area contributed by atoms with Gasteiger partial charge in [-0.25, -0.2) is 8.78 Å². The maximum Gasteiger partial charge on any atom is 0.179 e. The van der Waals surface area contributed by atoms with Crippen molar-refractivity contribution in [2.45, 2.75) is 12.5 Å². The number of hydrogen-bond donors (Lipinski definition) is 0.